The van der Waals surface area contributed by atoms with Crippen LogP contribution in [0, 0.1) is 0 Å². The average Bonchev–Trinajstić information content (AvgIpc) is 2.66. The second kappa shape index (κ2) is 8.73. The number of nitrogens with one attached hydrogen (secondary N) is 1. The fraction of sp³-hybridized carbons (Fsp3) is 0.263. The van der Waals surface area contributed by atoms with Crippen LogP contribution in [0.5, 0.6) is 5.75 Å². The summed E-state index contributed by atoms with van der Waals surface area (Å²) in [4.78, 5) is 25.2. The zero-order valence-electron chi connectivity index (χ0n) is 14.6. The molecule has 0 radical (unpaired) electrons. The predicted octanol–water partition coefficient (Wildman–Crippen LogP) is 2.82. The van der Waals surface area contributed by atoms with Crippen LogP contribution in [-0.4, -0.2) is 38.2 Å². The Kier molecular flexibility index (Phi) is 6.39. The van der Waals surface area contributed by atoms with Crippen molar-refractivity contribution in [1.29, 1.82) is 0 Å². The van der Waals surface area contributed by atoms with E-state index in [-0.39, 0.29) is 12.0 Å². The highest BCUT2D eigenvalue weighted by Gasteiger charge is 2.09. The number of ether oxygens (including phenoxy) is 2. The summed E-state index contributed by atoms with van der Waals surface area (Å²) in [5.74, 6) is 0.404. The van der Waals surface area contributed by atoms with Crippen molar-refractivity contribution in [2.24, 2.45) is 0 Å². The Labute approximate surface area is 147 Å². The van der Waals surface area contributed by atoms with Crippen molar-refractivity contribution in [1.82, 2.24) is 10.2 Å². The van der Waals surface area contributed by atoms with Crippen LogP contribution in [0.25, 0.3) is 0 Å². The zero-order chi connectivity index (χ0) is 18.2. The summed E-state index contributed by atoms with van der Waals surface area (Å²) < 4.78 is 9.77. The standard InChI is InChI=1S/C19H22N2O4/c1-21(13-15-6-10-17(24-2)11-7-15)19(23)20-12-14-4-8-16(9-5-14)18(22)25-3/h4-11H,12-13H2,1-3H3,(H,20,23). The lowest BCUT2D eigenvalue weighted by Gasteiger charge is -2.18. The highest BCUT2D eigenvalue weighted by atomic mass is 16.5. The number of hydrogen-bond donors (Lipinski definition) is 1. The van der Waals surface area contributed by atoms with Gasteiger partial charge in [0.2, 0.25) is 0 Å². The molecule has 0 unspecified atom stereocenters. The first-order valence-electron chi connectivity index (χ1n) is 7.82. The van der Waals surface area contributed by atoms with Crippen LogP contribution in [0.4, 0.5) is 4.79 Å². The number of methoxy groups -OCH3 is 2. The van der Waals surface area contributed by atoms with E-state index in [1.165, 1.54) is 7.11 Å². The minimum absolute atomic E-state index is 0.173. The summed E-state index contributed by atoms with van der Waals surface area (Å²) in [6.07, 6.45) is 0. The molecule has 2 rings (SSSR count). The van der Waals surface area contributed by atoms with Gasteiger partial charge in [0.15, 0.2) is 0 Å². The van der Waals surface area contributed by atoms with Gasteiger partial charge in [0, 0.05) is 20.1 Å². The topological polar surface area (TPSA) is 67.9 Å². The van der Waals surface area contributed by atoms with E-state index in [1.54, 1.807) is 43.3 Å². The van der Waals surface area contributed by atoms with E-state index in [0.717, 1.165) is 16.9 Å². The molecule has 6 heteroatoms. The molecule has 0 aliphatic heterocycles. The molecule has 0 aliphatic rings. The Balaban J connectivity index is 1.85. The lowest BCUT2D eigenvalue weighted by Crippen LogP contribution is -2.36. The van der Waals surface area contributed by atoms with Crippen molar-refractivity contribution in [3.63, 3.8) is 0 Å². The van der Waals surface area contributed by atoms with E-state index in [9.17, 15) is 9.59 Å². The SMILES string of the molecule is COC(=O)c1ccc(CNC(=O)N(C)Cc2ccc(OC)cc2)cc1. The maximum Gasteiger partial charge on any atom is 0.337 e. The van der Waals surface area contributed by atoms with E-state index in [2.05, 4.69) is 10.1 Å². The number of rotatable bonds is 6. The number of benzene rings is 2. The third kappa shape index (κ3) is 5.24. The van der Waals surface area contributed by atoms with E-state index >= 15 is 0 Å². The van der Waals surface area contributed by atoms with Gasteiger partial charge >= 0.3 is 12.0 Å². The number of carbonyl (C=O) groups is 2. The molecule has 0 heterocycles. The summed E-state index contributed by atoms with van der Waals surface area (Å²) in [7, 11) is 4.70. The van der Waals surface area contributed by atoms with Crippen LogP contribution in [-0.2, 0) is 17.8 Å². The highest BCUT2D eigenvalue weighted by molar-refractivity contribution is 5.89. The molecule has 0 saturated carbocycles. The lowest BCUT2D eigenvalue weighted by molar-refractivity contribution is 0.0600. The maximum absolute atomic E-state index is 12.2. The Morgan fingerprint density at radius 2 is 1.56 bits per heavy atom. The van der Waals surface area contributed by atoms with E-state index in [0.29, 0.717) is 18.7 Å². The maximum atomic E-state index is 12.2. The molecule has 0 aliphatic carbocycles. The van der Waals surface area contributed by atoms with Gasteiger partial charge in [0.25, 0.3) is 0 Å². The molecule has 0 bridgehead atoms. The van der Waals surface area contributed by atoms with Gasteiger partial charge in [-0.1, -0.05) is 24.3 Å². The molecule has 2 aromatic carbocycles. The second-order valence-electron chi connectivity index (χ2n) is 5.55. The number of urea groups is 1. The lowest BCUT2D eigenvalue weighted by atomic mass is 10.1. The Morgan fingerprint density at radius 3 is 2.12 bits per heavy atom. The molecule has 0 atom stereocenters. The quantitative estimate of drug-likeness (QED) is 0.820. The summed E-state index contributed by atoms with van der Waals surface area (Å²) in [5.41, 5.74) is 2.40. The molecule has 0 saturated heterocycles. The number of nitrogens with zero attached hydrogens (tertiary/aromatic N) is 1. The number of carbonyl (C=O) groups excluding carboxylic acids is 2. The van der Waals surface area contributed by atoms with Gasteiger partial charge in [-0.05, 0) is 35.4 Å². The molecule has 2 aromatic rings. The molecule has 0 aromatic heterocycles. The number of esters is 1. The summed E-state index contributed by atoms with van der Waals surface area (Å²) in [6.45, 7) is 0.879. The first-order chi connectivity index (χ1) is 12.0. The van der Waals surface area contributed by atoms with Crippen molar-refractivity contribution in [2.45, 2.75) is 13.1 Å². The Bertz CT molecular complexity index is 711. The minimum atomic E-state index is -0.380. The molecule has 1 N–H and O–H groups in total. The third-order valence-electron chi connectivity index (χ3n) is 3.74. The summed E-state index contributed by atoms with van der Waals surface area (Å²) in [5, 5.41) is 2.85. The second-order valence-corrected chi connectivity index (χ2v) is 5.55. The van der Waals surface area contributed by atoms with Gasteiger partial charge in [-0.25, -0.2) is 9.59 Å². The van der Waals surface area contributed by atoms with Crippen LogP contribution < -0.4 is 10.1 Å². The van der Waals surface area contributed by atoms with Gasteiger partial charge < -0.3 is 19.7 Å². The fourth-order valence-electron chi connectivity index (χ4n) is 2.27. The molecule has 0 spiro atoms. The molecule has 2 amide bonds. The monoisotopic (exact) mass is 342 g/mol. The van der Waals surface area contributed by atoms with Gasteiger partial charge in [0.1, 0.15) is 5.75 Å². The van der Waals surface area contributed by atoms with Crippen molar-refractivity contribution in [3.8, 4) is 5.75 Å². The first-order valence-corrected chi connectivity index (χ1v) is 7.82. The average molecular weight is 342 g/mol. The van der Waals surface area contributed by atoms with Crippen LogP contribution in [0.15, 0.2) is 48.5 Å². The smallest absolute Gasteiger partial charge is 0.337 e. The van der Waals surface area contributed by atoms with E-state index < -0.39 is 0 Å². The molecule has 132 valence electrons. The fourth-order valence-corrected chi connectivity index (χ4v) is 2.27. The van der Waals surface area contributed by atoms with E-state index in [1.807, 2.05) is 24.3 Å². The van der Waals surface area contributed by atoms with Gasteiger partial charge in [-0.15, -0.1) is 0 Å². The molecule has 6 nitrogen and oxygen atoms in total. The van der Waals surface area contributed by atoms with Gasteiger partial charge in [-0.3, -0.25) is 0 Å². The van der Waals surface area contributed by atoms with Crippen molar-refractivity contribution in [2.75, 3.05) is 21.3 Å². The molecular formula is C19H22N2O4. The Hall–Kier alpha value is -3.02. The van der Waals surface area contributed by atoms with Gasteiger partial charge in [-0.2, -0.15) is 0 Å². The highest BCUT2D eigenvalue weighted by Crippen LogP contribution is 2.12. The molecule has 0 fully saturated rings. The van der Waals surface area contributed by atoms with E-state index in [4.69, 9.17) is 4.74 Å². The number of hydrogen-bond acceptors (Lipinski definition) is 4. The molecule has 25 heavy (non-hydrogen) atoms. The van der Waals surface area contributed by atoms with Crippen molar-refractivity contribution in [3.05, 3.63) is 65.2 Å². The molecular weight excluding hydrogens is 320 g/mol. The predicted molar refractivity (Wildman–Crippen MR) is 94.5 cm³/mol. The van der Waals surface area contributed by atoms with Crippen LogP contribution >= 0.6 is 0 Å². The van der Waals surface area contributed by atoms with Crippen LogP contribution in [0.2, 0.25) is 0 Å². The third-order valence-corrected chi connectivity index (χ3v) is 3.74. The summed E-state index contributed by atoms with van der Waals surface area (Å²) >= 11 is 0. The number of amides is 2. The minimum Gasteiger partial charge on any atom is -0.497 e. The van der Waals surface area contributed by atoms with Crippen molar-refractivity contribution >= 4 is 12.0 Å². The van der Waals surface area contributed by atoms with Crippen LogP contribution in [0.3, 0.4) is 0 Å². The normalized spacial score (nSPS) is 10.0. The van der Waals surface area contributed by atoms with Gasteiger partial charge in [0.05, 0.1) is 19.8 Å². The zero-order valence-corrected chi connectivity index (χ0v) is 14.6. The largest absolute Gasteiger partial charge is 0.497 e. The first kappa shape index (κ1) is 18.3. The Morgan fingerprint density at radius 1 is 0.960 bits per heavy atom. The summed E-state index contributed by atoms with van der Waals surface area (Å²) in [6, 6.07) is 14.3. The van der Waals surface area contributed by atoms with Crippen LogP contribution in [0.1, 0.15) is 21.5 Å². The van der Waals surface area contributed by atoms with Crippen molar-refractivity contribution < 1.29 is 19.1 Å².